The molecule has 0 saturated carbocycles. The molecule has 0 radical (unpaired) electrons. The van der Waals surface area contributed by atoms with Gasteiger partial charge < -0.3 is 14.9 Å². The van der Waals surface area contributed by atoms with Crippen LogP contribution >= 0.6 is 0 Å². The topological polar surface area (TPSA) is 90.0 Å². The normalized spacial score (nSPS) is 19.6. The summed E-state index contributed by atoms with van der Waals surface area (Å²) in [6.45, 7) is 8.80. The Labute approximate surface area is 196 Å². The van der Waals surface area contributed by atoms with Crippen LogP contribution in [0.4, 0.5) is 11.4 Å². The van der Waals surface area contributed by atoms with Gasteiger partial charge in [0.1, 0.15) is 0 Å². The largest absolute Gasteiger partial charge is 0.478 e. The molecule has 7 nitrogen and oxygen atoms in total. The van der Waals surface area contributed by atoms with Crippen LogP contribution in [0.3, 0.4) is 0 Å². The molecule has 2 N–H and O–H groups in total. The highest BCUT2D eigenvalue weighted by Gasteiger charge is 2.26. The molecule has 0 amide bonds. The van der Waals surface area contributed by atoms with Crippen molar-refractivity contribution in [2.45, 2.75) is 44.4 Å². The van der Waals surface area contributed by atoms with Gasteiger partial charge in [0.15, 0.2) is 0 Å². The highest BCUT2D eigenvalue weighted by molar-refractivity contribution is 7.92. The smallest absolute Gasteiger partial charge is 0.337 e. The van der Waals surface area contributed by atoms with E-state index < -0.39 is 16.0 Å². The molecular weight excluding hydrogens is 438 g/mol. The highest BCUT2D eigenvalue weighted by atomic mass is 32.2. The number of nitrogens with one attached hydrogen (secondary N) is 1. The van der Waals surface area contributed by atoms with Crippen LogP contribution in [0.2, 0.25) is 0 Å². The van der Waals surface area contributed by atoms with E-state index in [9.17, 15) is 18.3 Å². The van der Waals surface area contributed by atoms with Gasteiger partial charge in [-0.15, -0.1) is 0 Å². The van der Waals surface area contributed by atoms with Crippen molar-refractivity contribution in [2.24, 2.45) is 5.92 Å². The maximum absolute atomic E-state index is 12.9. The molecule has 178 valence electrons. The van der Waals surface area contributed by atoms with Gasteiger partial charge in [0.2, 0.25) is 0 Å². The van der Waals surface area contributed by atoms with Crippen molar-refractivity contribution < 1.29 is 18.3 Å². The molecule has 2 aromatic rings. The molecule has 0 aliphatic carbocycles. The predicted molar refractivity (Wildman–Crippen MR) is 131 cm³/mol. The lowest BCUT2D eigenvalue weighted by atomic mass is 9.96. The van der Waals surface area contributed by atoms with Crippen molar-refractivity contribution in [1.82, 2.24) is 4.90 Å². The van der Waals surface area contributed by atoms with Crippen molar-refractivity contribution >= 4 is 27.4 Å². The molecule has 2 saturated heterocycles. The van der Waals surface area contributed by atoms with Gasteiger partial charge in [0.25, 0.3) is 10.0 Å². The molecule has 0 bridgehead atoms. The molecule has 1 atom stereocenters. The van der Waals surface area contributed by atoms with E-state index in [2.05, 4.69) is 14.5 Å². The van der Waals surface area contributed by atoms with E-state index in [0.29, 0.717) is 11.6 Å². The zero-order valence-corrected chi connectivity index (χ0v) is 20.2. The summed E-state index contributed by atoms with van der Waals surface area (Å²) in [5, 5.41) is 9.89. The molecule has 0 unspecified atom stereocenters. The summed E-state index contributed by atoms with van der Waals surface area (Å²) in [5.41, 5.74) is 2.92. The van der Waals surface area contributed by atoms with Crippen LogP contribution < -0.4 is 9.62 Å². The van der Waals surface area contributed by atoms with Gasteiger partial charge in [0.05, 0.1) is 16.1 Å². The zero-order chi connectivity index (χ0) is 23.6. The number of carbonyl (C=O) groups is 1. The molecule has 33 heavy (non-hydrogen) atoms. The van der Waals surface area contributed by atoms with Gasteiger partial charge in [-0.2, -0.15) is 0 Å². The van der Waals surface area contributed by atoms with Crippen molar-refractivity contribution in [2.75, 3.05) is 42.3 Å². The lowest BCUT2D eigenvalue weighted by molar-refractivity contribution is 0.0697. The number of hydrogen-bond donors (Lipinski definition) is 2. The second-order valence-electron chi connectivity index (χ2n) is 9.35. The summed E-state index contributed by atoms with van der Waals surface area (Å²) in [6.07, 6.45) is 4.71. The number of rotatable bonds is 7. The van der Waals surface area contributed by atoms with E-state index in [1.807, 2.05) is 13.8 Å². The number of benzene rings is 2. The third-order valence-corrected chi connectivity index (χ3v) is 8.22. The number of anilines is 2. The SMILES string of the molecule is Cc1ccc(S(=O)(=O)Nc2ccc(N3CCC[C@@H](CN4CCCC4)C3)c(C(=O)O)c2)cc1C. The summed E-state index contributed by atoms with van der Waals surface area (Å²) in [4.78, 5) is 16.9. The molecule has 2 fully saturated rings. The van der Waals surface area contributed by atoms with Crippen LogP contribution in [0, 0.1) is 19.8 Å². The van der Waals surface area contributed by atoms with E-state index in [-0.39, 0.29) is 16.1 Å². The number of hydrogen-bond acceptors (Lipinski definition) is 5. The minimum atomic E-state index is -3.82. The average Bonchev–Trinajstić information content (AvgIpc) is 3.28. The lowest BCUT2D eigenvalue weighted by Crippen LogP contribution is -2.41. The van der Waals surface area contributed by atoms with Crippen LogP contribution in [0.1, 0.15) is 47.2 Å². The predicted octanol–water partition coefficient (Wildman–Crippen LogP) is 4.11. The second-order valence-corrected chi connectivity index (χ2v) is 11.0. The molecule has 0 spiro atoms. The summed E-state index contributed by atoms with van der Waals surface area (Å²) < 4.78 is 28.3. The zero-order valence-electron chi connectivity index (χ0n) is 19.4. The van der Waals surface area contributed by atoms with Crippen LogP contribution in [0.5, 0.6) is 0 Å². The van der Waals surface area contributed by atoms with Gasteiger partial charge in [-0.1, -0.05) is 6.07 Å². The Bertz CT molecular complexity index is 1130. The maximum atomic E-state index is 12.9. The Morgan fingerprint density at radius 3 is 2.48 bits per heavy atom. The number of sulfonamides is 1. The fraction of sp³-hybridized carbons (Fsp3) is 0.480. The summed E-state index contributed by atoms with van der Waals surface area (Å²) >= 11 is 0. The third kappa shape index (κ3) is 5.50. The van der Waals surface area contributed by atoms with Gasteiger partial charge in [-0.25, -0.2) is 13.2 Å². The standard InChI is InChI=1S/C25H33N3O4S/c1-18-7-9-22(14-19(18)2)33(31,32)26-21-8-10-24(23(15-21)25(29)30)28-13-5-6-20(17-28)16-27-11-3-4-12-27/h7-10,14-15,20,26H,3-6,11-13,16-17H2,1-2H3,(H,29,30)/t20-/m0/s1. The Morgan fingerprint density at radius 1 is 1.03 bits per heavy atom. The molecular formula is C25H33N3O4S. The molecule has 2 aliphatic rings. The number of likely N-dealkylation sites (tertiary alicyclic amines) is 1. The molecule has 8 heteroatoms. The monoisotopic (exact) mass is 471 g/mol. The van der Waals surface area contributed by atoms with Gasteiger partial charge in [0, 0.05) is 25.3 Å². The summed E-state index contributed by atoms with van der Waals surface area (Å²) in [6, 6.07) is 9.78. The molecule has 2 aliphatic heterocycles. The van der Waals surface area contributed by atoms with Crippen LogP contribution in [0.15, 0.2) is 41.3 Å². The first-order chi connectivity index (χ1) is 15.7. The average molecular weight is 472 g/mol. The first-order valence-electron chi connectivity index (χ1n) is 11.7. The van der Waals surface area contributed by atoms with Gasteiger partial charge in [-0.05, 0) is 100.0 Å². The van der Waals surface area contributed by atoms with E-state index in [1.165, 1.54) is 18.9 Å². The summed E-state index contributed by atoms with van der Waals surface area (Å²) in [7, 11) is -3.82. The van der Waals surface area contributed by atoms with E-state index in [1.54, 1.807) is 30.3 Å². The van der Waals surface area contributed by atoms with Gasteiger partial charge >= 0.3 is 5.97 Å². The minimum absolute atomic E-state index is 0.122. The Hall–Kier alpha value is -2.58. The lowest BCUT2D eigenvalue weighted by Gasteiger charge is -2.36. The minimum Gasteiger partial charge on any atom is -0.478 e. The number of aromatic carboxylic acids is 1. The third-order valence-electron chi connectivity index (χ3n) is 6.84. The Balaban J connectivity index is 1.53. The fourth-order valence-corrected chi connectivity index (χ4v) is 6.04. The van der Waals surface area contributed by atoms with E-state index in [4.69, 9.17) is 0 Å². The second kappa shape index (κ2) is 9.73. The van der Waals surface area contributed by atoms with Crippen LogP contribution in [0.25, 0.3) is 0 Å². The number of aryl methyl sites for hydroxylation is 2. The van der Waals surface area contributed by atoms with Crippen LogP contribution in [-0.2, 0) is 10.0 Å². The van der Waals surface area contributed by atoms with Crippen molar-refractivity contribution in [3.8, 4) is 0 Å². The van der Waals surface area contributed by atoms with E-state index in [0.717, 1.165) is 56.7 Å². The summed E-state index contributed by atoms with van der Waals surface area (Å²) in [5.74, 6) is -0.541. The fourth-order valence-electron chi connectivity index (χ4n) is 4.90. The number of piperidine rings is 1. The Kier molecular flexibility index (Phi) is 6.95. The molecule has 0 aromatic heterocycles. The first kappa shape index (κ1) is 23.6. The maximum Gasteiger partial charge on any atom is 0.337 e. The van der Waals surface area contributed by atoms with E-state index >= 15 is 0 Å². The number of nitrogens with zero attached hydrogens (tertiary/aromatic N) is 2. The molecule has 2 aromatic carbocycles. The quantitative estimate of drug-likeness (QED) is 0.632. The van der Waals surface area contributed by atoms with Crippen molar-refractivity contribution in [3.63, 3.8) is 0 Å². The molecule has 4 rings (SSSR count). The van der Waals surface area contributed by atoms with Gasteiger partial charge in [-0.3, -0.25) is 4.72 Å². The van der Waals surface area contributed by atoms with Crippen molar-refractivity contribution in [3.05, 3.63) is 53.1 Å². The first-order valence-corrected chi connectivity index (χ1v) is 13.2. The Morgan fingerprint density at radius 2 is 1.79 bits per heavy atom. The molecule has 2 heterocycles. The number of carboxylic acids is 1. The van der Waals surface area contributed by atoms with Crippen LogP contribution in [-0.4, -0.2) is 57.1 Å². The van der Waals surface area contributed by atoms with Crippen molar-refractivity contribution in [1.29, 1.82) is 0 Å². The number of carboxylic acid groups (broad SMARTS) is 1. The highest BCUT2D eigenvalue weighted by Crippen LogP contribution is 2.30.